The van der Waals surface area contributed by atoms with E-state index in [1.807, 2.05) is 4.90 Å². The van der Waals surface area contributed by atoms with Crippen molar-refractivity contribution in [2.45, 2.75) is 12.8 Å². The Kier molecular flexibility index (Phi) is 6.29. The van der Waals surface area contributed by atoms with Crippen molar-refractivity contribution in [2.75, 3.05) is 70.4 Å². The summed E-state index contributed by atoms with van der Waals surface area (Å²) >= 11 is 0. The lowest BCUT2D eigenvalue weighted by Gasteiger charge is -2.35. The quantitative estimate of drug-likeness (QED) is 0.693. The number of carbonyl (C=O) groups is 1. The van der Waals surface area contributed by atoms with Gasteiger partial charge in [0.15, 0.2) is 11.5 Å². The molecule has 2 fully saturated rings. The molecule has 9 heteroatoms. The number of ether oxygens (including phenoxy) is 3. The first-order valence-corrected chi connectivity index (χ1v) is 10.6. The molecule has 2 aliphatic heterocycles. The Morgan fingerprint density at radius 3 is 1.84 bits per heavy atom. The maximum absolute atomic E-state index is 13.1. The molecular weight excluding hydrogens is 398 g/mol. The summed E-state index contributed by atoms with van der Waals surface area (Å²) in [6, 6.07) is 5.45. The highest BCUT2D eigenvalue weighted by molar-refractivity contribution is 5.95. The van der Waals surface area contributed by atoms with E-state index in [0.29, 0.717) is 49.0 Å². The summed E-state index contributed by atoms with van der Waals surface area (Å²) in [5.74, 6) is 3.26. The minimum Gasteiger partial charge on any atom is -0.493 e. The van der Waals surface area contributed by atoms with Gasteiger partial charge in [-0.15, -0.1) is 0 Å². The second-order valence-corrected chi connectivity index (χ2v) is 7.62. The maximum Gasteiger partial charge on any atom is 0.254 e. The Labute approximate surface area is 182 Å². The summed E-state index contributed by atoms with van der Waals surface area (Å²) in [7, 11) is 4.63. The third-order valence-electron chi connectivity index (χ3n) is 5.87. The van der Waals surface area contributed by atoms with Gasteiger partial charge in [0.05, 0.1) is 21.3 Å². The molecule has 0 N–H and O–H groups in total. The second-order valence-electron chi connectivity index (χ2n) is 7.62. The summed E-state index contributed by atoms with van der Waals surface area (Å²) in [5, 5.41) is 0. The van der Waals surface area contributed by atoms with Crippen molar-refractivity contribution >= 4 is 17.5 Å². The second kappa shape index (κ2) is 9.28. The third kappa shape index (κ3) is 4.30. The lowest BCUT2D eigenvalue weighted by molar-refractivity contribution is 0.0745. The number of hydrogen-bond acceptors (Lipinski definition) is 8. The Morgan fingerprint density at radius 2 is 1.32 bits per heavy atom. The molecule has 0 unspecified atom stereocenters. The number of aromatic nitrogens is 2. The Balaban J connectivity index is 1.44. The summed E-state index contributed by atoms with van der Waals surface area (Å²) in [6.07, 6.45) is 4.05. The van der Waals surface area contributed by atoms with E-state index in [4.69, 9.17) is 14.2 Å². The van der Waals surface area contributed by atoms with Crippen LogP contribution in [0.5, 0.6) is 17.2 Å². The van der Waals surface area contributed by atoms with E-state index in [2.05, 4.69) is 25.8 Å². The largest absolute Gasteiger partial charge is 0.493 e. The number of anilines is 2. The van der Waals surface area contributed by atoms with E-state index in [0.717, 1.165) is 24.7 Å². The minimum atomic E-state index is -0.0562. The molecule has 0 saturated carbocycles. The van der Waals surface area contributed by atoms with Crippen LogP contribution in [0.4, 0.5) is 11.6 Å². The van der Waals surface area contributed by atoms with E-state index in [-0.39, 0.29) is 5.91 Å². The van der Waals surface area contributed by atoms with E-state index in [1.165, 1.54) is 12.8 Å². The van der Waals surface area contributed by atoms with Gasteiger partial charge in [-0.05, 0) is 25.0 Å². The van der Waals surface area contributed by atoms with Crippen LogP contribution < -0.4 is 24.0 Å². The molecule has 0 spiro atoms. The Bertz CT molecular complexity index is 899. The van der Waals surface area contributed by atoms with Gasteiger partial charge in [0.1, 0.15) is 18.0 Å². The minimum absolute atomic E-state index is 0.0562. The Morgan fingerprint density at radius 1 is 0.774 bits per heavy atom. The highest BCUT2D eigenvalue weighted by Gasteiger charge is 2.26. The van der Waals surface area contributed by atoms with Crippen LogP contribution in [0.2, 0.25) is 0 Å². The monoisotopic (exact) mass is 427 g/mol. The Hall–Kier alpha value is -3.23. The van der Waals surface area contributed by atoms with Crippen LogP contribution in [-0.4, -0.2) is 81.4 Å². The summed E-state index contributed by atoms with van der Waals surface area (Å²) in [6.45, 7) is 4.75. The van der Waals surface area contributed by atoms with Crippen molar-refractivity contribution < 1.29 is 19.0 Å². The zero-order valence-corrected chi connectivity index (χ0v) is 18.3. The van der Waals surface area contributed by atoms with Crippen molar-refractivity contribution in [1.29, 1.82) is 0 Å². The molecule has 1 aromatic heterocycles. The summed E-state index contributed by atoms with van der Waals surface area (Å²) in [5.41, 5.74) is 0.515. The molecule has 9 nitrogen and oxygen atoms in total. The molecule has 0 radical (unpaired) electrons. The summed E-state index contributed by atoms with van der Waals surface area (Å²) in [4.78, 5) is 28.4. The van der Waals surface area contributed by atoms with E-state index in [9.17, 15) is 4.79 Å². The van der Waals surface area contributed by atoms with Gasteiger partial charge < -0.3 is 28.9 Å². The van der Waals surface area contributed by atoms with Crippen LogP contribution in [0.25, 0.3) is 0 Å². The number of piperazine rings is 1. The average molecular weight is 428 g/mol. The molecular formula is C22H29N5O4. The van der Waals surface area contributed by atoms with Crippen molar-refractivity contribution in [3.05, 3.63) is 30.1 Å². The van der Waals surface area contributed by atoms with E-state index in [1.54, 1.807) is 39.8 Å². The zero-order valence-electron chi connectivity index (χ0n) is 18.3. The standard InChI is InChI=1S/C22H29N5O4/c1-29-17-12-16(13-18(30-2)21(17)31-3)22(28)27-10-8-26(9-11-27)20-14-19(23-15-24-20)25-6-4-5-7-25/h12-15H,4-11H2,1-3H3. The molecule has 2 saturated heterocycles. The van der Waals surface area contributed by atoms with E-state index >= 15 is 0 Å². The lowest BCUT2D eigenvalue weighted by Crippen LogP contribution is -2.49. The van der Waals surface area contributed by atoms with Crippen LogP contribution in [0.3, 0.4) is 0 Å². The molecule has 4 rings (SSSR count). The van der Waals surface area contributed by atoms with Crippen LogP contribution in [0.15, 0.2) is 24.5 Å². The SMILES string of the molecule is COc1cc(C(=O)N2CCN(c3cc(N4CCCC4)ncn3)CC2)cc(OC)c1OC. The first kappa shape index (κ1) is 21.0. The lowest BCUT2D eigenvalue weighted by atomic mass is 10.1. The van der Waals surface area contributed by atoms with Crippen molar-refractivity contribution in [3.8, 4) is 17.2 Å². The van der Waals surface area contributed by atoms with E-state index < -0.39 is 0 Å². The van der Waals surface area contributed by atoms with Gasteiger partial charge in [-0.2, -0.15) is 0 Å². The normalized spacial score (nSPS) is 16.4. The van der Waals surface area contributed by atoms with Gasteiger partial charge in [-0.25, -0.2) is 9.97 Å². The first-order chi connectivity index (χ1) is 15.1. The van der Waals surface area contributed by atoms with Crippen LogP contribution >= 0.6 is 0 Å². The number of rotatable bonds is 6. The molecule has 0 aliphatic carbocycles. The predicted molar refractivity (Wildman–Crippen MR) is 118 cm³/mol. The molecule has 1 amide bonds. The number of nitrogens with zero attached hydrogens (tertiary/aromatic N) is 5. The molecule has 2 aliphatic rings. The molecule has 0 bridgehead atoms. The number of methoxy groups -OCH3 is 3. The number of amides is 1. The molecule has 166 valence electrons. The van der Waals surface area contributed by atoms with Crippen molar-refractivity contribution in [2.24, 2.45) is 0 Å². The number of benzene rings is 1. The fourth-order valence-electron chi connectivity index (χ4n) is 4.16. The van der Waals surface area contributed by atoms with Gasteiger partial charge >= 0.3 is 0 Å². The first-order valence-electron chi connectivity index (χ1n) is 10.6. The van der Waals surface area contributed by atoms with Gasteiger partial charge in [0.2, 0.25) is 5.75 Å². The zero-order chi connectivity index (χ0) is 21.8. The third-order valence-corrected chi connectivity index (χ3v) is 5.87. The van der Waals surface area contributed by atoms with Crippen LogP contribution in [-0.2, 0) is 0 Å². The van der Waals surface area contributed by atoms with Crippen LogP contribution in [0, 0.1) is 0 Å². The van der Waals surface area contributed by atoms with Gasteiger partial charge in [0, 0.05) is 50.9 Å². The summed E-state index contributed by atoms with van der Waals surface area (Å²) < 4.78 is 16.1. The smallest absolute Gasteiger partial charge is 0.254 e. The predicted octanol–water partition coefficient (Wildman–Crippen LogP) is 2.06. The highest BCUT2D eigenvalue weighted by atomic mass is 16.5. The van der Waals surface area contributed by atoms with Gasteiger partial charge in [0.25, 0.3) is 5.91 Å². The molecule has 2 aromatic rings. The van der Waals surface area contributed by atoms with Crippen molar-refractivity contribution in [3.63, 3.8) is 0 Å². The van der Waals surface area contributed by atoms with Gasteiger partial charge in [-0.3, -0.25) is 4.79 Å². The van der Waals surface area contributed by atoms with Gasteiger partial charge in [-0.1, -0.05) is 0 Å². The van der Waals surface area contributed by atoms with Crippen molar-refractivity contribution in [1.82, 2.24) is 14.9 Å². The molecule has 3 heterocycles. The van der Waals surface area contributed by atoms with Crippen LogP contribution in [0.1, 0.15) is 23.2 Å². The fraction of sp³-hybridized carbons (Fsp3) is 0.500. The number of hydrogen-bond donors (Lipinski definition) is 0. The maximum atomic E-state index is 13.1. The molecule has 31 heavy (non-hydrogen) atoms. The number of carbonyl (C=O) groups excluding carboxylic acids is 1. The molecule has 0 atom stereocenters. The topological polar surface area (TPSA) is 80.3 Å². The average Bonchev–Trinajstić information content (AvgIpc) is 3.38. The fourth-order valence-corrected chi connectivity index (χ4v) is 4.16. The molecule has 1 aromatic carbocycles. The highest BCUT2D eigenvalue weighted by Crippen LogP contribution is 2.38.